The number of rotatable bonds is 3. The zero-order valence-corrected chi connectivity index (χ0v) is 7.41. The summed E-state index contributed by atoms with van der Waals surface area (Å²) < 4.78 is 0. The van der Waals surface area contributed by atoms with Crippen LogP contribution in [-0.2, 0) is 0 Å². The van der Waals surface area contributed by atoms with E-state index in [1.165, 1.54) is 6.34 Å². The first-order valence-corrected chi connectivity index (χ1v) is 4.07. The lowest BCUT2D eigenvalue weighted by Gasteiger charge is -2.04. The fourth-order valence-electron chi connectivity index (χ4n) is 1.03. The van der Waals surface area contributed by atoms with Gasteiger partial charge in [0.15, 0.2) is 5.82 Å². The van der Waals surface area contributed by atoms with Crippen LogP contribution in [0.3, 0.4) is 0 Å². The van der Waals surface area contributed by atoms with Crippen LogP contribution < -0.4 is 5.73 Å². The van der Waals surface area contributed by atoms with Gasteiger partial charge >= 0.3 is 0 Å². The molecule has 0 aromatic carbocycles. The molecule has 0 amide bonds. The summed E-state index contributed by atoms with van der Waals surface area (Å²) in [5, 5.41) is 0. The van der Waals surface area contributed by atoms with Crippen molar-refractivity contribution in [1.82, 2.24) is 9.97 Å². The predicted octanol–water partition coefficient (Wildman–Crippen LogP) is 1.54. The van der Waals surface area contributed by atoms with Gasteiger partial charge < -0.3 is 10.7 Å². The summed E-state index contributed by atoms with van der Waals surface area (Å²) in [6.45, 7) is 4.24. The molecule has 0 aliphatic rings. The third-order valence-corrected chi connectivity index (χ3v) is 1.93. The summed E-state index contributed by atoms with van der Waals surface area (Å²) in [7, 11) is 0. The fraction of sp³-hybridized carbons (Fsp3) is 0.500. The molecule has 1 atom stereocenters. The van der Waals surface area contributed by atoms with E-state index in [0.29, 0.717) is 5.92 Å². The van der Waals surface area contributed by atoms with Crippen molar-refractivity contribution >= 4 is 12.2 Å². The standard InChI is InChI=1S/C8H14N4/c1-3-6(2)7-8(10-4-9)12-5-11-7/h4-6H,3H2,1-2H3,(H2,9,10)(H,11,12). The highest BCUT2D eigenvalue weighted by Gasteiger charge is 2.10. The molecule has 1 aromatic rings. The van der Waals surface area contributed by atoms with Gasteiger partial charge in [-0.2, -0.15) is 0 Å². The van der Waals surface area contributed by atoms with E-state index in [2.05, 4.69) is 28.8 Å². The second-order valence-corrected chi connectivity index (χ2v) is 2.72. The van der Waals surface area contributed by atoms with Crippen molar-refractivity contribution in [1.29, 1.82) is 0 Å². The second kappa shape index (κ2) is 3.90. The Balaban J connectivity index is 2.90. The number of aliphatic imine (C=N–C) groups is 1. The Hall–Kier alpha value is -1.32. The van der Waals surface area contributed by atoms with E-state index in [1.54, 1.807) is 6.33 Å². The number of aromatic nitrogens is 2. The van der Waals surface area contributed by atoms with Gasteiger partial charge in [-0.1, -0.05) is 13.8 Å². The Morgan fingerprint density at radius 2 is 2.58 bits per heavy atom. The quantitative estimate of drug-likeness (QED) is 0.528. The zero-order valence-electron chi connectivity index (χ0n) is 7.41. The van der Waals surface area contributed by atoms with Gasteiger partial charge in [0.25, 0.3) is 0 Å². The lowest BCUT2D eigenvalue weighted by atomic mass is 10.1. The van der Waals surface area contributed by atoms with Gasteiger partial charge in [-0.05, 0) is 6.42 Å². The second-order valence-electron chi connectivity index (χ2n) is 2.72. The molecule has 0 radical (unpaired) electrons. The van der Waals surface area contributed by atoms with Crippen molar-refractivity contribution in [3.05, 3.63) is 12.0 Å². The Labute approximate surface area is 71.9 Å². The molecule has 3 N–H and O–H groups in total. The fourth-order valence-corrected chi connectivity index (χ4v) is 1.03. The van der Waals surface area contributed by atoms with Crippen molar-refractivity contribution in [2.45, 2.75) is 26.2 Å². The third-order valence-electron chi connectivity index (χ3n) is 1.93. The molecular weight excluding hydrogens is 152 g/mol. The highest BCUT2D eigenvalue weighted by molar-refractivity contribution is 5.58. The van der Waals surface area contributed by atoms with Gasteiger partial charge in [-0.3, -0.25) is 0 Å². The summed E-state index contributed by atoms with van der Waals surface area (Å²) in [5.74, 6) is 1.20. The summed E-state index contributed by atoms with van der Waals surface area (Å²) in [6.07, 6.45) is 3.97. The van der Waals surface area contributed by atoms with Crippen LogP contribution in [0.25, 0.3) is 0 Å². The van der Waals surface area contributed by atoms with Crippen molar-refractivity contribution < 1.29 is 0 Å². The maximum atomic E-state index is 5.19. The molecule has 66 valence electrons. The van der Waals surface area contributed by atoms with Gasteiger partial charge in [0.2, 0.25) is 0 Å². The number of nitrogens with zero attached hydrogens (tertiary/aromatic N) is 2. The highest BCUT2D eigenvalue weighted by atomic mass is 15.0. The first-order chi connectivity index (χ1) is 5.79. The Morgan fingerprint density at radius 1 is 1.83 bits per heavy atom. The summed E-state index contributed by atoms with van der Waals surface area (Å²) in [4.78, 5) is 11.1. The monoisotopic (exact) mass is 166 g/mol. The Morgan fingerprint density at radius 3 is 3.17 bits per heavy atom. The van der Waals surface area contributed by atoms with Crippen molar-refractivity contribution in [3.8, 4) is 0 Å². The number of nitrogens with two attached hydrogens (primary N) is 1. The van der Waals surface area contributed by atoms with Crippen molar-refractivity contribution in [2.75, 3.05) is 0 Å². The largest absolute Gasteiger partial charge is 0.390 e. The van der Waals surface area contributed by atoms with E-state index in [4.69, 9.17) is 5.73 Å². The van der Waals surface area contributed by atoms with E-state index >= 15 is 0 Å². The normalized spacial score (nSPS) is 13.8. The van der Waals surface area contributed by atoms with E-state index in [0.717, 1.165) is 17.9 Å². The van der Waals surface area contributed by atoms with Crippen LogP contribution in [0.4, 0.5) is 5.82 Å². The molecule has 0 spiro atoms. The lowest BCUT2D eigenvalue weighted by molar-refractivity contribution is 0.714. The summed E-state index contributed by atoms with van der Waals surface area (Å²) in [5.41, 5.74) is 6.18. The topological polar surface area (TPSA) is 67.1 Å². The molecule has 1 unspecified atom stereocenters. The van der Waals surface area contributed by atoms with Crippen LogP contribution in [0.2, 0.25) is 0 Å². The van der Waals surface area contributed by atoms with Crippen LogP contribution >= 0.6 is 0 Å². The molecule has 1 rings (SSSR count). The number of hydrogen-bond donors (Lipinski definition) is 2. The SMILES string of the molecule is CCC(C)c1nc[nH]c1/N=C\N. The molecule has 0 aliphatic carbocycles. The van der Waals surface area contributed by atoms with Gasteiger partial charge in [0, 0.05) is 5.92 Å². The number of aromatic amines is 1. The molecular formula is C8H14N4. The molecule has 4 nitrogen and oxygen atoms in total. The molecule has 0 aliphatic heterocycles. The third kappa shape index (κ3) is 1.64. The van der Waals surface area contributed by atoms with E-state index in [9.17, 15) is 0 Å². The Kier molecular flexibility index (Phi) is 2.85. The lowest BCUT2D eigenvalue weighted by Crippen LogP contribution is -1.93. The van der Waals surface area contributed by atoms with Crippen LogP contribution in [-0.4, -0.2) is 16.3 Å². The van der Waals surface area contributed by atoms with E-state index in [-0.39, 0.29) is 0 Å². The Bertz CT molecular complexity index is 264. The van der Waals surface area contributed by atoms with Gasteiger partial charge in [0.05, 0.1) is 18.4 Å². The maximum absolute atomic E-state index is 5.19. The average molecular weight is 166 g/mol. The minimum Gasteiger partial charge on any atom is -0.390 e. The zero-order chi connectivity index (χ0) is 8.97. The molecule has 0 saturated heterocycles. The molecule has 0 saturated carbocycles. The van der Waals surface area contributed by atoms with Crippen molar-refractivity contribution in [2.24, 2.45) is 10.7 Å². The molecule has 1 heterocycles. The van der Waals surface area contributed by atoms with Crippen LogP contribution in [0, 0.1) is 0 Å². The van der Waals surface area contributed by atoms with E-state index in [1.807, 2.05) is 0 Å². The smallest absolute Gasteiger partial charge is 0.154 e. The molecule has 0 fully saturated rings. The molecule has 4 heteroatoms. The van der Waals surface area contributed by atoms with Crippen molar-refractivity contribution in [3.63, 3.8) is 0 Å². The minimum atomic E-state index is 0.426. The number of hydrogen-bond acceptors (Lipinski definition) is 2. The predicted molar refractivity (Wildman–Crippen MR) is 49.6 cm³/mol. The van der Waals surface area contributed by atoms with Crippen LogP contribution in [0.1, 0.15) is 31.9 Å². The summed E-state index contributed by atoms with van der Waals surface area (Å²) in [6, 6.07) is 0. The molecule has 0 bridgehead atoms. The van der Waals surface area contributed by atoms with E-state index < -0.39 is 0 Å². The molecule has 1 aromatic heterocycles. The van der Waals surface area contributed by atoms with Gasteiger partial charge in [-0.25, -0.2) is 9.98 Å². The molecule has 12 heavy (non-hydrogen) atoms. The maximum Gasteiger partial charge on any atom is 0.154 e. The first kappa shape index (κ1) is 8.77. The highest BCUT2D eigenvalue weighted by Crippen LogP contribution is 2.24. The average Bonchev–Trinajstić information content (AvgIpc) is 2.52. The van der Waals surface area contributed by atoms with Crippen LogP contribution in [0.15, 0.2) is 11.3 Å². The van der Waals surface area contributed by atoms with Crippen LogP contribution in [0.5, 0.6) is 0 Å². The van der Waals surface area contributed by atoms with Gasteiger partial charge in [0.1, 0.15) is 0 Å². The minimum absolute atomic E-state index is 0.426. The van der Waals surface area contributed by atoms with Gasteiger partial charge in [-0.15, -0.1) is 0 Å². The summed E-state index contributed by atoms with van der Waals surface area (Å²) >= 11 is 0. The number of H-pyrrole nitrogens is 1. The first-order valence-electron chi connectivity index (χ1n) is 4.07. The number of nitrogens with one attached hydrogen (secondary N) is 1. The number of imidazole rings is 1.